The van der Waals surface area contributed by atoms with Crippen LogP contribution in [0.25, 0.3) is 0 Å². The molecule has 1 saturated heterocycles. The third-order valence-electron chi connectivity index (χ3n) is 4.44. The first-order chi connectivity index (χ1) is 12.1. The Bertz CT molecular complexity index is 915. The van der Waals surface area contributed by atoms with Crippen molar-refractivity contribution in [3.63, 3.8) is 0 Å². The van der Waals surface area contributed by atoms with Crippen molar-refractivity contribution in [3.05, 3.63) is 47.5 Å². The number of nitrogens with zero attached hydrogens (tertiary/aromatic N) is 3. The fourth-order valence-electron chi connectivity index (χ4n) is 3.13. The summed E-state index contributed by atoms with van der Waals surface area (Å²) in [4.78, 5) is 4.11. The van der Waals surface area contributed by atoms with Crippen LogP contribution < -0.4 is 5.32 Å². The van der Waals surface area contributed by atoms with Crippen molar-refractivity contribution in [3.8, 4) is 0 Å². The Morgan fingerprint density at radius 3 is 2.56 bits per heavy atom. The molecule has 2 aromatic rings. The number of piperazine rings is 1. The monoisotopic (exact) mass is 424 g/mol. The second-order valence-corrected chi connectivity index (χ2v) is 8.07. The number of rotatable bonds is 3. The summed E-state index contributed by atoms with van der Waals surface area (Å²) in [5.74, 6) is 0.574. The van der Waals surface area contributed by atoms with E-state index in [0.29, 0.717) is 18.9 Å². The summed E-state index contributed by atoms with van der Waals surface area (Å²) < 4.78 is 68.0. The van der Waals surface area contributed by atoms with Gasteiger partial charge < -0.3 is 9.88 Å². The molecule has 0 amide bonds. The smallest absolute Gasteiger partial charge is 0.337 e. The van der Waals surface area contributed by atoms with Crippen LogP contribution in [0.15, 0.2) is 35.5 Å². The number of imidazole rings is 1. The maximum Gasteiger partial charge on any atom is 0.416 e. The van der Waals surface area contributed by atoms with Gasteiger partial charge in [-0.15, -0.1) is 12.4 Å². The molecule has 0 aliphatic carbocycles. The van der Waals surface area contributed by atoms with Gasteiger partial charge in [0.25, 0.3) is 0 Å². The molecule has 1 atom stereocenters. The van der Waals surface area contributed by atoms with Crippen molar-refractivity contribution < 1.29 is 21.6 Å². The van der Waals surface area contributed by atoms with Crippen LogP contribution in [0.5, 0.6) is 0 Å². The minimum Gasteiger partial charge on any atom is -0.337 e. The van der Waals surface area contributed by atoms with E-state index in [1.165, 1.54) is 11.2 Å². The lowest BCUT2D eigenvalue weighted by atomic mass is 10.1. The molecule has 11 heteroatoms. The van der Waals surface area contributed by atoms with Gasteiger partial charge in [0.05, 0.1) is 16.5 Å². The van der Waals surface area contributed by atoms with E-state index < -0.39 is 27.8 Å². The predicted molar refractivity (Wildman–Crippen MR) is 96.1 cm³/mol. The molecule has 1 N–H and O–H groups in total. The average Bonchev–Trinajstić information content (AvgIpc) is 2.99. The zero-order chi connectivity index (χ0) is 19.1. The Kier molecular flexibility index (Phi) is 6.25. The van der Waals surface area contributed by atoms with Crippen molar-refractivity contribution in [2.45, 2.75) is 24.0 Å². The van der Waals surface area contributed by atoms with E-state index in [2.05, 4.69) is 10.3 Å². The number of nitrogens with one attached hydrogen (secondary N) is 1. The van der Waals surface area contributed by atoms with Crippen LogP contribution in [-0.2, 0) is 23.2 Å². The van der Waals surface area contributed by atoms with Crippen LogP contribution in [0, 0.1) is 6.92 Å². The molecule has 3 rings (SSSR count). The Balaban J connectivity index is 0.00000261. The molecular weight excluding hydrogens is 405 g/mol. The van der Waals surface area contributed by atoms with Crippen molar-refractivity contribution in [1.82, 2.24) is 19.2 Å². The Hall–Kier alpha value is -1.62. The number of aryl methyl sites for hydroxylation is 2. The molecule has 1 aliphatic heterocycles. The predicted octanol–water partition coefficient (Wildman–Crippen LogP) is 2.50. The standard InChI is InChI=1S/C16H19F3N4O2S.ClH/c1-11-9-12(16(17,18)19)3-4-14(11)26(24,25)23-8-5-20-10-13(23)15-21-6-7-22(15)2;/h3-4,6-7,9,13,20H,5,8,10H2,1-2H3;1H. The van der Waals surface area contributed by atoms with Gasteiger partial charge in [-0.05, 0) is 30.7 Å². The molecule has 1 aromatic heterocycles. The molecular formula is C16H20ClF3N4O2S. The molecule has 1 fully saturated rings. The highest BCUT2D eigenvalue weighted by atomic mass is 35.5. The second-order valence-electron chi connectivity index (χ2n) is 6.21. The molecule has 0 saturated carbocycles. The molecule has 27 heavy (non-hydrogen) atoms. The first-order valence-electron chi connectivity index (χ1n) is 8.00. The SMILES string of the molecule is Cc1cc(C(F)(F)F)ccc1S(=O)(=O)N1CCNCC1c1nccn1C.Cl. The van der Waals surface area contributed by atoms with Crippen LogP contribution in [-0.4, -0.2) is 41.9 Å². The highest BCUT2D eigenvalue weighted by molar-refractivity contribution is 7.89. The normalized spacial score (nSPS) is 18.9. The van der Waals surface area contributed by atoms with E-state index in [1.807, 2.05) is 0 Å². The summed E-state index contributed by atoms with van der Waals surface area (Å²) in [6, 6.07) is 2.17. The average molecular weight is 425 g/mol. The van der Waals surface area contributed by atoms with Gasteiger partial charge in [-0.3, -0.25) is 0 Å². The van der Waals surface area contributed by atoms with Gasteiger partial charge in [0.15, 0.2) is 0 Å². The zero-order valence-electron chi connectivity index (χ0n) is 14.7. The fourth-order valence-corrected chi connectivity index (χ4v) is 4.93. The highest BCUT2D eigenvalue weighted by Gasteiger charge is 2.38. The van der Waals surface area contributed by atoms with Crippen molar-refractivity contribution in [2.24, 2.45) is 7.05 Å². The number of alkyl halides is 3. The Morgan fingerprint density at radius 1 is 1.30 bits per heavy atom. The maximum absolute atomic E-state index is 13.2. The number of benzene rings is 1. The van der Waals surface area contributed by atoms with Gasteiger partial charge in [0.2, 0.25) is 10.0 Å². The van der Waals surface area contributed by atoms with Crippen molar-refractivity contribution in [1.29, 1.82) is 0 Å². The summed E-state index contributed by atoms with van der Waals surface area (Å²) in [6.45, 7) is 2.42. The number of sulfonamides is 1. The number of hydrogen-bond acceptors (Lipinski definition) is 4. The van der Waals surface area contributed by atoms with E-state index in [1.54, 1.807) is 24.0 Å². The number of halogens is 4. The van der Waals surface area contributed by atoms with E-state index in [4.69, 9.17) is 0 Å². The third-order valence-corrected chi connectivity index (χ3v) is 6.51. The lowest BCUT2D eigenvalue weighted by molar-refractivity contribution is -0.137. The minimum absolute atomic E-state index is 0. The van der Waals surface area contributed by atoms with Gasteiger partial charge in [0, 0.05) is 39.1 Å². The minimum atomic E-state index is -4.52. The summed E-state index contributed by atoms with van der Waals surface area (Å²) >= 11 is 0. The van der Waals surface area contributed by atoms with Crippen molar-refractivity contribution >= 4 is 22.4 Å². The molecule has 1 aliphatic rings. The summed E-state index contributed by atoms with van der Waals surface area (Å²) in [7, 11) is -2.21. The van der Waals surface area contributed by atoms with Crippen LogP contribution in [0.3, 0.4) is 0 Å². The highest BCUT2D eigenvalue weighted by Crippen LogP contribution is 2.34. The van der Waals surface area contributed by atoms with Crippen LogP contribution in [0.1, 0.15) is 23.0 Å². The van der Waals surface area contributed by atoms with Gasteiger partial charge in [0.1, 0.15) is 5.82 Å². The molecule has 1 aromatic carbocycles. The number of hydrogen-bond donors (Lipinski definition) is 1. The van der Waals surface area contributed by atoms with E-state index in [-0.39, 0.29) is 29.4 Å². The molecule has 150 valence electrons. The van der Waals surface area contributed by atoms with Crippen LogP contribution >= 0.6 is 12.4 Å². The van der Waals surface area contributed by atoms with Gasteiger partial charge in [-0.1, -0.05) is 0 Å². The van der Waals surface area contributed by atoms with Crippen molar-refractivity contribution in [2.75, 3.05) is 19.6 Å². The largest absolute Gasteiger partial charge is 0.416 e. The molecule has 6 nitrogen and oxygen atoms in total. The van der Waals surface area contributed by atoms with Crippen LogP contribution in [0.2, 0.25) is 0 Å². The van der Waals surface area contributed by atoms with E-state index in [0.717, 1.165) is 18.2 Å². The van der Waals surface area contributed by atoms with Gasteiger partial charge >= 0.3 is 6.18 Å². The maximum atomic E-state index is 13.2. The van der Waals surface area contributed by atoms with E-state index >= 15 is 0 Å². The first kappa shape index (κ1) is 21.7. The Labute approximate surface area is 161 Å². The quantitative estimate of drug-likeness (QED) is 0.822. The lowest BCUT2D eigenvalue weighted by Gasteiger charge is -2.35. The molecule has 1 unspecified atom stereocenters. The third kappa shape index (κ3) is 4.13. The number of aromatic nitrogens is 2. The summed E-state index contributed by atoms with van der Waals surface area (Å²) in [5, 5.41) is 3.14. The van der Waals surface area contributed by atoms with E-state index in [9.17, 15) is 21.6 Å². The fraction of sp³-hybridized carbons (Fsp3) is 0.438. The zero-order valence-corrected chi connectivity index (χ0v) is 16.3. The van der Waals surface area contributed by atoms with Gasteiger partial charge in [-0.2, -0.15) is 17.5 Å². The summed E-state index contributed by atoms with van der Waals surface area (Å²) in [5.41, 5.74) is -0.799. The molecule has 2 heterocycles. The van der Waals surface area contributed by atoms with Crippen LogP contribution in [0.4, 0.5) is 13.2 Å². The molecule has 0 spiro atoms. The summed E-state index contributed by atoms with van der Waals surface area (Å²) in [6.07, 6.45) is -1.21. The van der Waals surface area contributed by atoms with Gasteiger partial charge in [-0.25, -0.2) is 13.4 Å². The first-order valence-corrected chi connectivity index (χ1v) is 9.44. The lowest BCUT2D eigenvalue weighted by Crippen LogP contribution is -2.49. The second kappa shape index (κ2) is 7.78. The Morgan fingerprint density at radius 2 is 2.00 bits per heavy atom. The molecule has 0 radical (unpaired) electrons. The topological polar surface area (TPSA) is 67.2 Å². The molecule has 0 bridgehead atoms.